The van der Waals surface area contributed by atoms with Gasteiger partial charge in [0.1, 0.15) is 0 Å². The van der Waals surface area contributed by atoms with Crippen LogP contribution < -0.4 is 10.6 Å². The first-order valence-corrected chi connectivity index (χ1v) is 8.78. The molecule has 3 saturated carbocycles. The van der Waals surface area contributed by atoms with E-state index in [9.17, 15) is 19.7 Å². The van der Waals surface area contributed by atoms with Crippen LogP contribution in [0.1, 0.15) is 35.2 Å². The van der Waals surface area contributed by atoms with E-state index in [2.05, 4.69) is 10.6 Å². The molecule has 0 heterocycles. The Bertz CT molecular complexity index is 747. The van der Waals surface area contributed by atoms with Gasteiger partial charge in [-0.15, -0.1) is 0 Å². The topological polar surface area (TPSA) is 101 Å². The Morgan fingerprint density at radius 1 is 1.24 bits per heavy atom. The second-order valence-corrected chi connectivity index (χ2v) is 7.52. The SMILES string of the molecule is Cc1cc(C(=O)NCC(=O)NC2[C@@H]3[C@H]4CC[C@@H](C4)[C@H]23)ccc1[N+](=O)[O-]. The predicted octanol–water partition coefficient (Wildman–Crippen LogP) is 1.79. The van der Waals surface area contributed by atoms with Gasteiger partial charge < -0.3 is 10.6 Å². The Balaban J connectivity index is 1.28. The van der Waals surface area contributed by atoms with E-state index >= 15 is 0 Å². The second-order valence-electron chi connectivity index (χ2n) is 7.52. The van der Waals surface area contributed by atoms with Crippen molar-refractivity contribution in [2.75, 3.05) is 6.54 Å². The average Bonchev–Trinajstić information content (AvgIpc) is 2.95. The molecule has 5 atom stereocenters. The second kappa shape index (κ2) is 5.82. The van der Waals surface area contributed by atoms with E-state index in [-0.39, 0.29) is 18.1 Å². The third-order valence-corrected chi connectivity index (χ3v) is 6.13. The number of carbonyl (C=O) groups is 2. The number of nitrogens with zero attached hydrogens (tertiary/aromatic N) is 1. The predicted molar refractivity (Wildman–Crippen MR) is 89.9 cm³/mol. The highest BCUT2D eigenvalue weighted by Gasteiger charge is 2.65. The fraction of sp³-hybridized carbons (Fsp3) is 0.556. The standard InChI is InChI=1S/C18H21N3O4/c1-9-6-12(4-5-13(9)21(24)25)18(23)19-8-14(22)20-17-15-10-2-3-11(7-10)16(15)17/h4-6,10-11,15-17H,2-3,7-8H2,1H3,(H,19,23)(H,20,22)/t10-,11-,15-,16+,17?/m0/s1. The van der Waals surface area contributed by atoms with Crippen molar-refractivity contribution in [1.29, 1.82) is 0 Å². The number of nitrogens with one attached hydrogen (secondary N) is 2. The third-order valence-electron chi connectivity index (χ3n) is 6.13. The van der Waals surface area contributed by atoms with Crippen LogP contribution in [-0.2, 0) is 4.79 Å². The molecule has 1 unspecified atom stereocenters. The van der Waals surface area contributed by atoms with Gasteiger partial charge in [0.25, 0.3) is 11.6 Å². The summed E-state index contributed by atoms with van der Waals surface area (Å²) in [4.78, 5) is 34.6. The lowest BCUT2D eigenvalue weighted by Gasteiger charge is -2.11. The average molecular weight is 343 g/mol. The maximum atomic E-state index is 12.1. The molecule has 4 rings (SSSR count). The van der Waals surface area contributed by atoms with Crippen LogP contribution in [0, 0.1) is 40.7 Å². The number of carbonyl (C=O) groups excluding carboxylic acids is 2. The molecule has 7 nitrogen and oxygen atoms in total. The van der Waals surface area contributed by atoms with Crippen LogP contribution in [0.15, 0.2) is 18.2 Å². The Labute approximate surface area is 145 Å². The van der Waals surface area contributed by atoms with E-state index in [1.165, 1.54) is 37.5 Å². The van der Waals surface area contributed by atoms with Crippen LogP contribution in [0.5, 0.6) is 0 Å². The fourth-order valence-corrected chi connectivity index (χ4v) is 5.02. The monoisotopic (exact) mass is 343 g/mol. The van der Waals surface area contributed by atoms with Gasteiger partial charge in [-0.05, 0) is 62.0 Å². The summed E-state index contributed by atoms with van der Waals surface area (Å²) in [5, 5.41) is 16.5. The smallest absolute Gasteiger partial charge is 0.272 e. The maximum absolute atomic E-state index is 12.1. The number of nitro groups is 1. The molecule has 0 spiro atoms. The van der Waals surface area contributed by atoms with Crippen LogP contribution >= 0.6 is 0 Å². The minimum atomic E-state index is -0.482. The minimum absolute atomic E-state index is 0.0239. The number of fused-ring (bicyclic) bond motifs is 5. The third kappa shape index (κ3) is 2.77. The fourth-order valence-electron chi connectivity index (χ4n) is 5.02. The van der Waals surface area contributed by atoms with E-state index < -0.39 is 10.8 Å². The van der Waals surface area contributed by atoms with E-state index in [0.29, 0.717) is 29.0 Å². The van der Waals surface area contributed by atoms with Gasteiger partial charge in [0, 0.05) is 23.2 Å². The summed E-state index contributed by atoms with van der Waals surface area (Å²) in [6, 6.07) is 4.48. The van der Waals surface area contributed by atoms with Gasteiger partial charge in [-0.2, -0.15) is 0 Å². The van der Waals surface area contributed by atoms with Gasteiger partial charge in [-0.1, -0.05) is 0 Å². The zero-order chi connectivity index (χ0) is 17.7. The molecule has 3 fully saturated rings. The van der Waals surface area contributed by atoms with Crippen molar-refractivity contribution < 1.29 is 14.5 Å². The Morgan fingerprint density at radius 2 is 1.92 bits per heavy atom. The van der Waals surface area contributed by atoms with Crippen LogP contribution in [0.2, 0.25) is 0 Å². The summed E-state index contributed by atoms with van der Waals surface area (Å²) in [6.07, 6.45) is 3.93. The lowest BCUT2D eigenvalue weighted by atomic mass is 10.0. The molecule has 0 aliphatic heterocycles. The van der Waals surface area contributed by atoms with E-state index in [1.54, 1.807) is 6.92 Å². The molecule has 2 amide bonds. The molecule has 2 N–H and O–H groups in total. The van der Waals surface area contributed by atoms with Crippen LogP contribution in [0.4, 0.5) is 5.69 Å². The largest absolute Gasteiger partial charge is 0.351 e. The number of amides is 2. The first-order valence-electron chi connectivity index (χ1n) is 8.78. The molecule has 0 aromatic heterocycles. The summed E-state index contributed by atoms with van der Waals surface area (Å²) in [5.41, 5.74) is 0.713. The molecule has 1 aromatic carbocycles. The van der Waals surface area contributed by atoms with E-state index in [0.717, 1.165) is 11.8 Å². The summed E-state index contributed by atoms with van der Waals surface area (Å²) < 4.78 is 0. The molecule has 1 aromatic rings. The van der Waals surface area contributed by atoms with Crippen LogP contribution in [0.3, 0.4) is 0 Å². The zero-order valence-electron chi connectivity index (χ0n) is 14.0. The molecule has 25 heavy (non-hydrogen) atoms. The summed E-state index contributed by atoms with van der Waals surface area (Å²) in [6.45, 7) is 1.52. The van der Waals surface area contributed by atoms with Crippen molar-refractivity contribution in [3.8, 4) is 0 Å². The quantitative estimate of drug-likeness (QED) is 0.628. The molecule has 2 bridgehead atoms. The van der Waals surface area contributed by atoms with E-state index in [4.69, 9.17) is 0 Å². The molecule has 7 heteroatoms. The summed E-state index contributed by atoms with van der Waals surface area (Å²) in [7, 11) is 0. The summed E-state index contributed by atoms with van der Waals surface area (Å²) in [5.74, 6) is 2.34. The van der Waals surface area contributed by atoms with Crippen molar-refractivity contribution in [1.82, 2.24) is 10.6 Å². The van der Waals surface area contributed by atoms with Crippen molar-refractivity contribution >= 4 is 17.5 Å². The van der Waals surface area contributed by atoms with Crippen molar-refractivity contribution in [2.45, 2.75) is 32.2 Å². The van der Waals surface area contributed by atoms with Crippen molar-refractivity contribution in [3.63, 3.8) is 0 Å². The maximum Gasteiger partial charge on any atom is 0.272 e. The molecule has 0 saturated heterocycles. The van der Waals surface area contributed by atoms with Crippen LogP contribution in [-0.4, -0.2) is 29.3 Å². The lowest BCUT2D eigenvalue weighted by molar-refractivity contribution is -0.385. The Morgan fingerprint density at radius 3 is 2.52 bits per heavy atom. The molecular weight excluding hydrogens is 322 g/mol. The number of rotatable bonds is 5. The molecule has 0 radical (unpaired) electrons. The Kier molecular flexibility index (Phi) is 3.74. The van der Waals surface area contributed by atoms with Gasteiger partial charge in [-0.3, -0.25) is 19.7 Å². The number of hydrogen-bond acceptors (Lipinski definition) is 4. The highest BCUT2D eigenvalue weighted by Crippen LogP contribution is 2.65. The minimum Gasteiger partial charge on any atom is -0.351 e. The molecule has 3 aliphatic rings. The van der Waals surface area contributed by atoms with Gasteiger partial charge in [0.2, 0.25) is 5.91 Å². The first kappa shape index (κ1) is 16.1. The normalized spacial score (nSPS) is 31.3. The molecular formula is C18H21N3O4. The number of nitro benzene ring substituents is 1. The molecule has 132 valence electrons. The van der Waals surface area contributed by atoms with Gasteiger partial charge in [-0.25, -0.2) is 0 Å². The van der Waals surface area contributed by atoms with Crippen molar-refractivity contribution in [2.24, 2.45) is 23.7 Å². The highest BCUT2D eigenvalue weighted by atomic mass is 16.6. The van der Waals surface area contributed by atoms with Gasteiger partial charge in [0.05, 0.1) is 11.5 Å². The highest BCUT2D eigenvalue weighted by molar-refractivity contribution is 5.97. The van der Waals surface area contributed by atoms with Crippen LogP contribution in [0.25, 0.3) is 0 Å². The van der Waals surface area contributed by atoms with Crippen molar-refractivity contribution in [3.05, 3.63) is 39.4 Å². The summed E-state index contributed by atoms with van der Waals surface area (Å²) >= 11 is 0. The molecule has 3 aliphatic carbocycles. The number of aryl methyl sites for hydroxylation is 1. The Hall–Kier alpha value is -2.44. The van der Waals surface area contributed by atoms with Gasteiger partial charge >= 0.3 is 0 Å². The first-order chi connectivity index (χ1) is 12.0. The number of hydrogen-bond donors (Lipinski definition) is 2. The number of benzene rings is 1. The zero-order valence-corrected chi connectivity index (χ0v) is 14.0. The van der Waals surface area contributed by atoms with E-state index in [1.807, 2.05) is 0 Å². The lowest BCUT2D eigenvalue weighted by Crippen LogP contribution is -2.39. The van der Waals surface area contributed by atoms with Gasteiger partial charge in [0.15, 0.2) is 0 Å².